The summed E-state index contributed by atoms with van der Waals surface area (Å²) in [5.41, 5.74) is 1.24. The number of methoxy groups -OCH3 is 1. The van der Waals surface area contributed by atoms with Gasteiger partial charge in [0.15, 0.2) is 0 Å². The van der Waals surface area contributed by atoms with Crippen LogP contribution in [0.25, 0.3) is 6.08 Å². The predicted molar refractivity (Wildman–Crippen MR) is 96.8 cm³/mol. The molecular formula is C20H26N2O3. The number of piperidine rings is 1. The molecule has 1 spiro atoms. The molecule has 5 nitrogen and oxygen atoms in total. The van der Waals surface area contributed by atoms with Crippen molar-refractivity contribution in [2.24, 2.45) is 5.41 Å². The maximum atomic E-state index is 12.4. The lowest BCUT2D eigenvalue weighted by molar-refractivity contribution is -0.142. The van der Waals surface area contributed by atoms with Gasteiger partial charge in [-0.2, -0.15) is 0 Å². The zero-order chi connectivity index (χ0) is 17.7. The normalized spacial score (nSPS) is 20.5. The molecule has 5 heteroatoms. The van der Waals surface area contributed by atoms with E-state index in [0.29, 0.717) is 19.5 Å². The molecule has 25 heavy (non-hydrogen) atoms. The third kappa shape index (κ3) is 4.48. The van der Waals surface area contributed by atoms with Gasteiger partial charge < -0.3 is 9.64 Å². The number of amides is 1. The zero-order valence-electron chi connectivity index (χ0n) is 14.8. The van der Waals surface area contributed by atoms with Gasteiger partial charge in [-0.15, -0.1) is 0 Å². The van der Waals surface area contributed by atoms with Crippen LogP contribution in [0.4, 0.5) is 0 Å². The van der Waals surface area contributed by atoms with Crippen molar-refractivity contribution in [2.45, 2.75) is 19.3 Å². The van der Waals surface area contributed by atoms with Gasteiger partial charge in [0.2, 0.25) is 5.91 Å². The number of hydrogen-bond donors (Lipinski definition) is 0. The molecule has 0 aliphatic carbocycles. The molecule has 1 aromatic rings. The second kappa shape index (κ2) is 7.83. The fourth-order valence-corrected chi connectivity index (χ4v) is 3.80. The quantitative estimate of drug-likeness (QED) is 0.770. The minimum Gasteiger partial charge on any atom is -0.468 e. The summed E-state index contributed by atoms with van der Waals surface area (Å²) in [4.78, 5) is 27.9. The molecule has 2 fully saturated rings. The minimum atomic E-state index is -0.189. The summed E-state index contributed by atoms with van der Waals surface area (Å²) in [6, 6.07) is 10.1. The summed E-state index contributed by atoms with van der Waals surface area (Å²) >= 11 is 0. The number of benzene rings is 1. The average molecular weight is 342 g/mol. The molecular weight excluding hydrogens is 316 g/mol. The average Bonchev–Trinajstić information content (AvgIpc) is 2.93. The third-order valence-corrected chi connectivity index (χ3v) is 5.34. The van der Waals surface area contributed by atoms with Gasteiger partial charge in [-0.3, -0.25) is 14.5 Å². The molecule has 2 saturated heterocycles. The SMILES string of the molecule is COC(=O)CN1CCC2(CC1)CC(=O)N(C/C=C/c1ccccc1)C2. The lowest BCUT2D eigenvalue weighted by Gasteiger charge is -2.38. The molecule has 0 aromatic heterocycles. The molecule has 0 bridgehead atoms. The van der Waals surface area contributed by atoms with Gasteiger partial charge in [0, 0.05) is 19.5 Å². The first-order chi connectivity index (χ1) is 12.1. The highest BCUT2D eigenvalue weighted by atomic mass is 16.5. The second-order valence-electron chi connectivity index (χ2n) is 7.12. The summed E-state index contributed by atoms with van der Waals surface area (Å²) in [6.45, 7) is 3.56. The number of nitrogens with zero attached hydrogens (tertiary/aromatic N) is 2. The van der Waals surface area contributed by atoms with Gasteiger partial charge >= 0.3 is 5.97 Å². The fourth-order valence-electron chi connectivity index (χ4n) is 3.80. The molecule has 2 heterocycles. The van der Waals surface area contributed by atoms with Crippen LogP contribution in [-0.4, -0.2) is 61.5 Å². The Balaban J connectivity index is 1.51. The van der Waals surface area contributed by atoms with E-state index in [1.807, 2.05) is 23.1 Å². The summed E-state index contributed by atoms with van der Waals surface area (Å²) in [5.74, 6) is 0.0604. The van der Waals surface area contributed by atoms with Crippen LogP contribution in [0.15, 0.2) is 36.4 Å². The minimum absolute atomic E-state index is 0.0876. The zero-order valence-corrected chi connectivity index (χ0v) is 14.8. The smallest absolute Gasteiger partial charge is 0.319 e. The highest BCUT2D eigenvalue weighted by molar-refractivity contribution is 5.80. The van der Waals surface area contributed by atoms with Crippen LogP contribution in [0.3, 0.4) is 0 Å². The van der Waals surface area contributed by atoms with Gasteiger partial charge in [0.1, 0.15) is 0 Å². The van der Waals surface area contributed by atoms with E-state index in [1.54, 1.807) is 0 Å². The Kier molecular flexibility index (Phi) is 5.53. The number of carbonyl (C=O) groups excluding carboxylic acids is 2. The summed E-state index contributed by atoms with van der Waals surface area (Å²) in [6.07, 6.45) is 6.71. The maximum absolute atomic E-state index is 12.4. The number of rotatable bonds is 5. The molecule has 0 unspecified atom stereocenters. The summed E-state index contributed by atoms with van der Waals surface area (Å²) < 4.78 is 4.73. The number of ether oxygens (including phenoxy) is 1. The van der Waals surface area contributed by atoms with Crippen molar-refractivity contribution in [3.8, 4) is 0 Å². The van der Waals surface area contributed by atoms with E-state index in [9.17, 15) is 9.59 Å². The van der Waals surface area contributed by atoms with Crippen molar-refractivity contribution in [3.63, 3.8) is 0 Å². The molecule has 2 aliphatic rings. The van der Waals surface area contributed by atoms with Crippen LogP contribution in [0, 0.1) is 5.41 Å². The van der Waals surface area contributed by atoms with Crippen LogP contribution < -0.4 is 0 Å². The van der Waals surface area contributed by atoms with Crippen molar-refractivity contribution in [3.05, 3.63) is 42.0 Å². The van der Waals surface area contributed by atoms with E-state index in [2.05, 4.69) is 29.2 Å². The maximum Gasteiger partial charge on any atom is 0.319 e. The van der Waals surface area contributed by atoms with Gasteiger partial charge in [0.05, 0.1) is 13.7 Å². The van der Waals surface area contributed by atoms with Crippen molar-refractivity contribution < 1.29 is 14.3 Å². The van der Waals surface area contributed by atoms with Crippen molar-refractivity contribution >= 4 is 18.0 Å². The number of hydrogen-bond acceptors (Lipinski definition) is 4. The lowest BCUT2D eigenvalue weighted by Crippen LogP contribution is -2.43. The van der Waals surface area contributed by atoms with E-state index in [0.717, 1.165) is 38.0 Å². The standard InChI is InChI=1S/C20H26N2O3/c1-25-19(24)15-21-12-9-20(10-13-21)14-18(23)22(16-20)11-5-8-17-6-3-2-4-7-17/h2-8H,9-16H2,1H3/b8-5+. The van der Waals surface area contributed by atoms with Crippen LogP contribution >= 0.6 is 0 Å². The van der Waals surface area contributed by atoms with E-state index < -0.39 is 0 Å². The van der Waals surface area contributed by atoms with E-state index in [-0.39, 0.29) is 17.3 Å². The molecule has 1 aromatic carbocycles. The fraction of sp³-hybridized carbons (Fsp3) is 0.500. The number of carbonyl (C=O) groups is 2. The highest BCUT2D eigenvalue weighted by Crippen LogP contribution is 2.40. The van der Waals surface area contributed by atoms with Crippen LogP contribution in [0.1, 0.15) is 24.8 Å². The topological polar surface area (TPSA) is 49.9 Å². The van der Waals surface area contributed by atoms with Crippen LogP contribution in [0.5, 0.6) is 0 Å². The second-order valence-corrected chi connectivity index (χ2v) is 7.12. The Morgan fingerprint density at radius 3 is 2.64 bits per heavy atom. The van der Waals surface area contributed by atoms with E-state index in [1.165, 1.54) is 7.11 Å². The molecule has 3 rings (SSSR count). The van der Waals surface area contributed by atoms with Gasteiger partial charge in [-0.1, -0.05) is 42.5 Å². The molecule has 134 valence electrons. The van der Waals surface area contributed by atoms with Crippen LogP contribution in [-0.2, 0) is 14.3 Å². The van der Waals surface area contributed by atoms with E-state index >= 15 is 0 Å². The van der Waals surface area contributed by atoms with Crippen molar-refractivity contribution in [1.29, 1.82) is 0 Å². The first-order valence-corrected chi connectivity index (χ1v) is 8.89. The number of likely N-dealkylation sites (tertiary alicyclic amines) is 2. The third-order valence-electron chi connectivity index (χ3n) is 5.34. The molecule has 0 N–H and O–H groups in total. The largest absolute Gasteiger partial charge is 0.468 e. The Morgan fingerprint density at radius 1 is 1.24 bits per heavy atom. The molecule has 0 atom stereocenters. The monoisotopic (exact) mass is 342 g/mol. The Bertz CT molecular complexity index is 634. The number of esters is 1. The highest BCUT2D eigenvalue weighted by Gasteiger charge is 2.44. The first kappa shape index (κ1) is 17.7. The van der Waals surface area contributed by atoms with Crippen LogP contribution in [0.2, 0.25) is 0 Å². The Hall–Kier alpha value is -2.14. The molecule has 0 radical (unpaired) electrons. The Labute approximate surface area is 149 Å². The molecule has 0 saturated carbocycles. The van der Waals surface area contributed by atoms with Gasteiger partial charge in [-0.05, 0) is 36.9 Å². The van der Waals surface area contributed by atoms with Gasteiger partial charge in [0.25, 0.3) is 0 Å². The van der Waals surface area contributed by atoms with Gasteiger partial charge in [-0.25, -0.2) is 0 Å². The Morgan fingerprint density at radius 2 is 1.96 bits per heavy atom. The summed E-state index contributed by atoms with van der Waals surface area (Å²) in [5, 5.41) is 0. The van der Waals surface area contributed by atoms with Crippen molar-refractivity contribution in [1.82, 2.24) is 9.80 Å². The molecule has 2 aliphatic heterocycles. The predicted octanol–water partition coefficient (Wildman–Crippen LogP) is 2.19. The van der Waals surface area contributed by atoms with E-state index in [4.69, 9.17) is 4.74 Å². The first-order valence-electron chi connectivity index (χ1n) is 8.89. The summed E-state index contributed by atoms with van der Waals surface area (Å²) in [7, 11) is 1.42. The lowest BCUT2D eigenvalue weighted by atomic mass is 9.77. The molecule has 1 amide bonds. The van der Waals surface area contributed by atoms with Crippen molar-refractivity contribution in [2.75, 3.05) is 39.8 Å².